The minimum absolute atomic E-state index is 0.811. The van der Waals surface area contributed by atoms with Crippen molar-refractivity contribution in [2.45, 2.75) is 32.3 Å². The van der Waals surface area contributed by atoms with Gasteiger partial charge < -0.3 is 10.4 Å². The molecule has 0 unspecified atom stereocenters. The number of anilines is 1. The number of aliphatic hydroxyl groups is 1. The number of hydrogen-bond donors (Lipinski definition) is 2. The van der Waals surface area contributed by atoms with Crippen molar-refractivity contribution in [1.82, 2.24) is 9.97 Å². The van der Waals surface area contributed by atoms with Crippen molar-refractivity contribution in [2.24, 2.45) is 0 Å². The number of aromatic nitrogens is 2. The molecule has 2 aromatic heterocycles. The van der Waals surface area contributed by atoms with Gasteiger partial charge in [0.25, 0.3) is 0 Å². The number of aryl methyl sites for hydroxylation is 1. The maximum absolute atomic E-state index is 10.1. The Balaban J connectivity index is 2.01. The third-order valence-electron chi connectivity index (χ3n) is 3.66. The number of pyridine rings is 2. The molecule has 2 aromatic rings. The first-order valence-electron chi connectivity index (χ1n) is 6.95. The number of fused-ring (bicyclic) bond motifs is 1. The average Bonchev–Trinajstić information content (AvgIpc) is 2.46. The predicted octanol–water partition coefficient (Wildman–Crippen LogP) is 2.73. The first kappa shape index (κ1) is 13.1. The van der Waals surface area contributed by atoms with E-state index < -0.39 is 5.60 Å². The summed E-state index contributed by atoms with van der Waals surface area (Å²) >= 11 is 0. The van der Waals surface area contributed by atoms with Gasteiger partial charge in [-0.1, -0.05) is 0 Å². The van der Waals surface area contributed by atoms with Crippen molar-refractivity contribution in [3.05, 3.63) is 41.9 Å². The molecule has 20 heavy (non-hydrogen) atoms. The Morgan fingerprint density at radius 1 is 1.15 bits per heavy atom. The summed E-state index contributed by atoms with van der Waals surface area (Å²) in [5.74, 6) is 0.992. The van der Waals surface area contributed by atoms with Crippen LogP contribution in [0.25, 0.3) is 11.1 Å². The van der Waals surface area contributed by atoms with Gasteiger partial charge in [-0.05, 0) is 44.4 Å². The molecule has 0 aliphatic carbocycles. The van der Waals surface area contributed by atoms with Crippen LogP contribution >= 0.6 is 0 Å². The normalized spacial score (nSPS) is 14.6. The second-order valence-electron chi connectivity index (χ2n) is 5.78. The average molecular weight is 269 g/mol. The van der Waals surface area contributed by atoms with E-state index in [0.717, 1.165) is 41.9 Å². The summed E-state index contributed by atoms with van der Waals surface area (Å²) in [5.41, 5.74) is 3.22. The second kappa shape index (κ2) is 4.87. The largest absolute Gasteiger partial charge is 0.386 e. The molecule has 0 bridgehead atoms. The van der Waals surface area contributed by atoms with E-state index in [1.807, 2.05) is 18.5 Å². The van der Waals surface area contributed by atoms with Gasteiger partial charge in [-0.2, -0.15) is 0 Å². The maximum Gasteiger partial charge on any atom is 0.129 e. The second-order valence-corrected chi connectivity index (χ2v) is 5.78. The van der Waals surface area contributed by atoms with Crippen molar-refractivity contribution in [3.63, 3.8) is 0 Å². The summed E-state index contributed by atoms with van der Waals surface area (Å²) < 4.78 is 0. The Morgan fingerprint density at radius 3 is 2.75 bits per heavy atom. The highest BCUT2D eigenvalue weighted by Gasteiger charge is 2.17. The van der Waals surface area contributed by atoms with Crippen LogP contribution < -0.4 is 5.32 Å². The molecule has 3 rings (SSSR count). The Hall–Kier alpha value is -1.94. The minimum atomic E-state index is -0.883. The number of nitrogens with one attached hydrogen (secondary N) is 1. The van der Waals surface area contributed by atoms with Crippen LogP contribution in [0, 0.1) is 0 Å². The van der Waals surface area contributed by atoms with E-state index in [4.69, 9.17) is 0 Å². The Labute approximate surface area is 118 Å². The molecule has 4 heteroatoms. The van der Waals surface area contributed by atoms with E-state index in [9.17, 15) is 5.11 Å². The van der Waals surface area contributed by atoms with E-state index in [-0.39, 0.29) is 0 Å². The zero-order valence-electron chi connectivity index (χ0n) is 11.8. The van der Waals surface area contributed by atoms with Gasteiger partial charge in [-0.15, -0.1) is 0 Å². The highest BCUT2D eigenvalue weighted by atomic mass is 16.3. The van der Waals surface area contributed by atoms with Crippen LogP contribution in [-0.2, 0) is 12.0 Å². The fourth-order valence-electron chi connectivity index (χ4n) is 2.44. The van der Waals surface area contributed by atoms with Gasteiger partial charge in [0.1, 0.15) is 5.82 Å². The molecule has 2 N–H and O–H groups in total. The zero-order valence-corrected chi connectivity index (χ0v) is 11.8. The fourth-order valence-corrected chi connectivity index (χ4v) is 2.44. The summed E-state index contributed by atoms with van der Waals surface area (Å²) in [5, 5.41) is 13.4. The molecule has 104 valence electrons. The van der Waals surface area contributed by atoms with Gasteiger partial charge in [0.05, 0.1) is 5.60 Å². The van der Waals surface area contributed by atoms with E-state index in [1.165, 1.54) is 5.56 Å². The summed E-state index contributed by atoms with van der Waals surface area (Å²) in [7, 11) is 0. The summed E-state index contributed by atoms with van der Waals surface area (Å²) in [6.45, 7) is 4.53. The first-order valence-corrected chi connectivity index (χ1v) is 6.95. The molecule has 0 saturated heterocycles. The van der Waals surface area contributed by atoms with Crippen molar-refractivity contribution in [3.8, 4) is 11.1 Å². The Morgan fingerprint density at radius 2 is 1.95 bits per heavy atom. The lowest BCUT2D eigenvalue weighted by Gasteiger charge is -2.19. The molecule has 0 saturated carbocycles. The van der Waals surface area contributed by atoms with E-state index in [1.54, 1.807) is 20.0 Å². The topological polar surface area (TPSA) is 58.0 Å². The summed E-state index contributed by atoms with van der Waals surface area (Å²) in [6.07, 6.45) is 7.58. The van der Waals surface area contributed by atoms with Crippen LogP contribution in [0.4, 0.5) is 5.82 Å². The molecule has 0 spiro atoms. The van der Waals surface area contributed by atoms with Crippen LogP contribution in [-0.4, -0.2) is 21.6 Å². The van der Waals surface area contributed by atoms with Crippen LogP contribution in [0.5, 0.6) is 0 Å². The van der Waals surface area contributed by atoms with Gasteiger partial charge in [0.15, 0.2) is 0 Å². The van der Waals surface area contributed by atoms with Gasteiger partial charge in [-0.3, -0.25) is 4.98 Å². The third-order valence-corrected chi connectivity index (χ3v) is 3.66. The Bertz CT molecular complexity index is 632. The summed E-state index contributed by atoms with van der Waals surface area (Å²) in [6, 6.07) is 4.15. The highest BCUT2D eigenvalue weighted by molar-refractivity contribution is 5.66. The molecule has 1 aliphatic rings. The van der Waals surface area contributed by atoms with Gasteiger partial charge in [0, 0.05) is 41.8 Å². The molecular formula is C16H19N3O. The molecule has 4 nitrogen and oxygen atoms in total. The quantitative estimate of drug-likeness (QED) is 0.880. The smallest absolute Gasteiger partial charge is 0.129 e. The van der Waals surface area contributed by atoms with Gasteiger partial charge in [0.2, 0.25) is 0 Å². The molecule has 0 atom stereocenters. The lowest BCUT2D eigenvalue weighted by molar-refractivity contribution is 0.0783. The molecule has 0 aromatic carbocycles. The third kappa shape index (κ3) is 2.51. The first-order chi connectivity index (χ1) is 9.54. The van der Waals surface area contributed by atoms with Gasteiger partial charge >= 0.3 is 0 Å². The molecule has 0 radical (unpaired) electrons. The zero-order chi connectivity index (χ0) is 14.2. The predicted molar refractivity (Wildman–Crippen MR) is 79.5 cm³/mol. The molecule has 3 heterocycles. The Kier molecular flexibility index (Phi) is 3.18. The summed E-state index contributed by atoms with van der Waals surface area (Å²) in [4.78, 5) is 8.72. The van der Waals surface area contributed by atoms with Crippen LogP contribution in [0.15, 0.2) is 30.7 Å². The monoisotopic (exact) mass is 269 g/mol. The minimum Gasteiger partial charge on any atom is -0.386 e. The maximum atomic E-state index is 10.1. The molecule has 0 fully saturated rings. The fraction of sp³-hybridized carbons (Fsp3) is 0.375. The van der Waals surface area contributed by atoms with Gasteiger partial charge in [-0.25, -0.2) is 4.98 Å². The number of hydrogen-bond acceptors (Lipinski definition) is 4. The van der Waals surface area contributed by atoms with Crippen LogP contribution in [0.2, 0.25) is 0 Å². The standard InChI is InChI=1S/C16H19N3O/c1-16(2,20)14-7-13(8-17-10-14)12-6-11-4-3-5-18-15(11)19-9-12/h6-10,20H,3-5H2,1-2H3,(H,18,19). The lowest BCUT2D eigenvalue weighted by Crippen LogP contribution is -2.16. The van der Waals surface area contributed by atoms with E-state index >= 15 is 0 Å². The van der Waals surface area contributed by atoms with E-state index in [0.29, 0.717) is 0 Å². The van der Waals surface area contributed by atoms with Crippen LogP contribution in [0.3, 0.4) is 0 Å². The van der Waals surface area contributed by atoms with Crippen molar-refractivity contribution in [2.75, 3.05) is 11.9 Å². The number of nitrogens with zero attached hydrogens (tertiary/aromatic N) is 2. The van der Waals surface area contributed by atoms with Crippen molar-refractivity contribution < 1.29 is 5.11 Å². The van der Waals surface area contributed by atoms with E-state index in [2.05, 4.69) is 21.4 Å². The SMILES string of the molecule is CC(C)(O)c1cncc(-c2cnc3c(c2)CCCN3)c1. The molecular weight excluding hydrogens is 250 g/mol. The van der Waals surface area contributed by atoms with Crippen LogP contribution in [0.1, 0.15) is 31.4 Å². The molecule has 0 amide bonds. The molecule has 1 aliphatic heterocycles. The number of rotatable bonds is 2. The van der Waals surface area contributed by atoms with Crippen molar-refractivity contribution >= 4 is 5.82 Å². The van der Waals surface area contributed by atoms with Crippen molar-refractivity contribution in [1.29, 1.82) is 0 Å². The highest BCUT2D eigenvalue weighted by Crippen LogP contribution is 2.28. The lowest BCUT2D eigenvalue weighted by atomic mass is 9.96.